The molecule has 0 bridgehead atoms. The summed E-state index contributed by atoms with van der Waals surface area (Å²) in [5.74, 6) is 1.03. The van der Waals surface area contributed by atoms with Crippen LogP contribution < -0.4 is 0 Å². The molecule has 0 heterocycles. The van der Waals surface area contributed by atoms with E-state index in [1.807, 2.05) is 0 Å². The molecule has 0 aromatic heterocycles. The van der Waals surface area contributed by atoms with Crippen LogP contribution in [0.4, 0.5) is 0 Å². The van der Waals surface area contributed by atoms with Gasteiger partial charge in [-0.2, -0.15) is 0 Å². The topological polar surface area (TPSA) is 3.01 Å². The summed E-state index contributed by atoms with van der Waals surface area (Å²) in [6.45, 7) is 22.4. The van der Waals surface area contributed by atoms with Gasteiger partial charge in [0.2, 0.25) is 0 Å². The molecule has 0 rings (SSSR count). The molecule has 1 heteroatoms. The Kier molecular flexibility index (Phi) is 11.4. The molecule has 0 spiro atoms. The molecule has 3 atom stereocenters. The van der Waals surface area contributed by atoms with Gasteiger partial charge < -0.3 is 0 Å². The Hall–Kier alpha value is -1.37. The third-order valence-electron chi connectivity index (χ3n) is 5.67. The van der Waals surface area contributed by atoms with Crippen LogP contribution in [0.25, 0.3) is 0 Å². The van der Waals surface area contributed by atoms with Gasteiger partial charge in [-0.3, -0.25) is 0 Å². The maximum Gasteiger partial charge on any atom is 0.165 e. The summed E-state index contributed by atoms with van der Waals surface area (Å²) in [4.78, 5) is 0. The second-order valence-electron chi connectivity index (χ2n) is 7.38. The first-order valence-electron chi connectivity index (χ1n) is 10.0. The van der Waals surface area contributed by atoms with Crippen molar-refractivity contribution in [1.29, 1.82) is 0 Å². The molecule has 0 amide bonds. The van der Waals surface area contributed by atoms with Crippen LogP contribution in [0.15, 0.2) is 48.7 Å². The van der Waals surface area contributed by atoms with Crippen LogP contribution in [0, 0.1) is 17.3 Å². The van der Waals surface area contributed by atoms with Crippen LogP contribution in [0.3, 0.4) is 0 Å². The molecule has 0 aromatic carbocycles. The Labute approximate surface area is 157 Å². The Balaban J connectivity index is 5.44. The average Bonchev–Trinajstić information content (AvgIpc) is 2.63. The standard InChI is InChI=1S/C24H42N/c1-10-14-15-16-20(5)21(6)22(7)23(8)24(12-3,17-11-2)18-19-25(9)13-4/h13-15,18-21H,7-8,10-12,16-17H2,1-6,9H3/q+1. The van der Waals surface area contributed by atoms with Crippen molar-refractivity contribution in [1.82, 2.24) is 0 Å². The normalized spacial score (nSPS) is 17.6. The van der Waals surface area contributed by atoms with Crippen molar-refractivity contribution in [2.24, 2.45) is 17.3 Å². The molecule has 142 valence electrons. The SMILES string of the molecule is C=C(C(=C)C(C=C[N+](C)=CC)(CC)CCC)C(C)C(C)CC=CCC. The number of rotatable bonds is 12. The second kappa shape index (κ2) is 12.1. The number of nitrogens with zero attached hydrogens (tertiary/aromatic N) is 1. The van der Waals surface area contributed by atoms with E-state index in [9.17, 15) is 0 Å². The highest BCUT2D eigenvalue weighted by Crippen LogP contribution is 2.43. The lowest BCUT2D eigenvalue weighted by atomic mass is 9.69. The first-order valence-corrected chi connectivity index (χ1v) is 10.0. The first-order chi connectivity index (χ1) is 11.8. The van der Waals surface area contributed by atoms with E-state index in [0.717, 1.165) is 32.1 Å². The van der Waals surface area contributed by atoms with Crippen molar-refractivity contribution in [2.45, 2.75) is 73.6 Å². The molecule has 3 unspecified atom stereocenters. The van der Waals surface area contributed by atoms with Crippen LogP contribution in [0.5, 0.6) is 0 Å². The van der Waals surface area contributed by atoms with Gasteiger partial charge >= 0.3 is 0 Å². The summed E-state index contributed by atoms with van der Waals surface area (Å²) in [5, 5.41) is 0. The predicted octanol–water partition coefficient (Wildman–Crippen LogP) is 7.17. The molecule has 0 saturated heterocycles. The first kappa shape index (κ1) is 23.6. The number of hydrogen-bond acceptors (Lipinski definition) is 0. The van der Waals surface area contributed by atoms with Gasteiger partial charge in [0, 0.05) is 12.3 Å². The van der Waals surface area contributed by atoms with E-state index in [2.05, 4.69) is 97.0 Å². The minimum Gasteiger partial charge on any atom is -0.212 e. The van der Waals surface area contributed by atoms with Gasteiger partial charge in [0.05, 0.1) is 0 Å². The van der Waals surface area contributed by atoms with Crippen LogP contribution in [0.2, 0.25) is 0 Å². The molecule has 0 radical (unpaired) electrons. The Morgan fingerprint density at radius 1 is 1.12 bits per heavy atom. The zero-order chi connectivity index (χ0) is 19.5. The summed E-state index contributed by atoms with van der Waals surface area (Å²) in [5.41, 5.74) is 2.45. The minimum atomic E-state index is 0.0103. The summed E-state index contributed by atoms with van der Waals surface area (Å²) in [6.07, 6.45) is 16.7. The van der Waals surface area contributed by atoms with Gasteiger partial charge in [0.25, 0.3) is 0 Å². The quantitative estimate of drug-likeness (QED) is 0.153. The lowest BCUT2D eigenvalue weighted by Crippen LogP contribution is -2.24. The fourth-order valence-electron chi connectivity index (χ4n) is 3.25. The maximum absolute atomic E-state index is 4.52. The van der Waals surface area contributed by atoms with E-state index in [1.165, 1.54) is 11.1 Å². The van der Waals surface area contributed by atoms with Gasteiger partial charge in [-0.05, 0) is 54.7 Å². The summed E-state index contributed by atoms with van der Waals surface area (Å²) < 4.78 is 2.11. The average molecular weight is 345 g/mol. The molecule has 0 fully saturated rings. The zero-order valence-electron chi connectivity index (χ0n) is 17.9. The van der Waals surface area contributed by atoms with Crippen molar-refractivity contribution >= 4 is 6.21 Å². The van der Waals surface area contributed by atoms with E-state index in [0.29, 0.717) is 11.8 Å². The highest BCUT2D eigenvalue weighted by atomic mass is 14.9. The molecule has 0 aliphatic rings. The van der Waals surface area contributed by atoms with Gasteiger partial charge in [0.1, 0.15) is 13.3 Å². The minimum absolute atomic E-state index is 0.0103. The highest BCUT2D eigenvalue weighted by Gasteiger charge is 2.32. The number of hydrogen-bond donors (Lipinski definition) is 0. The van der Waals surface area contributed by atoms with E-state index >= 15 is 0 Å². The van der Waals surface area contributed by atoms with Crippen molar-refractivity contribution in [3.05, 3.63) is 48.7 Å². The molecular weight excluding hydrogens is 302 g/mol. The van der Waals surface area contributed by atoms with Crippen LogP contribution in [0.1, 0.15) is 73.6 Å². The van der Waals surface area contributed by atoms with E-state index in [4.69, 9.17) is 0 Å². The molecule has 0 saturated carbocycles. The van der Waals surface area contributed by atoms with Gasteiger partial charge in [-0.25, -0.2) is 4.58 Å². The van der Waals surface area contributed by atoms with Crippen molar-refractivity contribution < 1.29 is 4.58 Å². The fraction of sp³-hybridized carbons (Fsp3) is 0.625. The predicted molar refractivity (Wildman–Crippen MR) is 115 cm³/mol. The fourth-order valence-corrected chi connectivity index (χ4v) is 3.25. The maximum atomic E-state index is 4.52. The summed E-state index contributed by atoms with van der Waals surface area (Å²) in [6, 6.07) is 0. The highest BCUT2D eigenvalue weighted by molar-refractivity contribution is 5.47. The van der Waals surface area contributed by atoms with Gasteiger partial charge in [-0.15, -0.1) is 0 Å². The van der Waals surface area contributed by atoms with Crippen LogP contribution in [-0.2, 0) is 0 Å². The Morgan fingerprint density at radius 3 is 2.24 bits per heavy atom. The molecule has 0 aromatic rings. The van der Waals surface area contributed by atoms with E-state index < -0.39 is 0 Å². The lowest BCUT2D eigenvalue weighted by molar-refractivity contribution is -0.417. The van der Waals surface area contributed by atoms with E-state index in [-0.39, 0.29) is 5.41 Å². The van der Waals surface area contributed by atoms with Crippen molar-refractivity contribution in [3.63, 3.8) is 0 Å². The number of allylic oxidation sites excluding steroid dienone is 5. The summed E-state index contributed by atoms with van der Waals surface area (Å²) >= 11 is 0. The third kappa shape index (κ3) is 7.18. The smallest absolute Gasteiger partial charge is 0.165 e. The molecular formula is C24H42N+. The van der Waals surface area contributed by atoms with Crippen LogP contribution in [-0.4, -0.2) is 17.8 Å². The van der Waals surface area contributed by atoms with E-state index in [1.54, 1.807) is 0 Å². The third-order valence-corrected chi connectivity index (χ3v) is 5.67. The van der Waals surface area contributed by atoms with Crippen molar-refractivity contribution in [2.75, 3.05) is 7.05 Å². The monoisotopic (exact) mass is 344 g/mol. The molecule has 1 nitrogen and oxygen atoms in total. The molecule has 25 heavy (non-hydrogen) atoms. The second-order valence-corrected chi connectivity index (χ2v) is 7.38. The van der Waals surface area contributed by atoms with Crippen molar-refractivity contribution in [3.8, 4) is 0 Å². The Morgan fingerprint density at radius 2 is 1.76 bits per heavy atom. The summed E-state index contributed by atoms with van der Waals surface area (Å²) in [7, 11) is 2.07. The van der Waals surface area contributed by atoms with Crippen LogP contribution >= 0.6 is 0 Å². The zero-order valence-corrected chi connectivity index (χ0v) is 17.9. The van der Waals surface area contributed by atoms with Gasteiger partial charge in [-0.1, -0.05) is 66.3 Å². The Bertz CT molecular complexity index is 506. The molecule has 0 aliphatic carbocycles. The lowest BCUT2D eigenvalue weighted by Gasteiger charge is -2.35. The van der Waals surface area contributed by atoms with Gasteiger partial charge in [0.15, 0.2) is 6.20 Å². The molecule has 0 N–H and O–H groups in total. The largest absolute Gasteiger partial charge is 0.212 e. The molecule has 0 aliphatic heterocycles.